The zero-order valence-electron chi connectivity index (χ0n) is 15.5. The number of carbonyl (C=O) groups excluding carboxylic acids is 2. The number of hydrogen-bond acceptors (Lipinski definition) is 3. The van der Waals surface area contributed by atoms with E-state index in [4.69, 9.17) is 4.74 Å². The van der Waals surface area contributed by atoms with Gasteiger partial charge in [-0.25, -0.2) is 4.39 Å². The molecule has 1 atom stereocenters. The van der Waals surface area contributed by atoms with Crippen LogP contribution in [-0.4, -0.2) is 43.0 Å². The number of hydrogen-bond donors (Lipinski definition) is 0. The number of halogens is 1. The molecular formula is C21H23FN2O3. The van der Waals surface area contributed by atoms with Crippen molar-refractivity contribution in [3.05, 3.63) is 59.9 Å². The molecule has 1 fully saturated rings. The number of piperazine rings is 1. The Balaban J connectivity index is 1.61. The molecule has 2 amide bonds. The summed E-state index contributed by atoms with van der Waals surface area (Å²) in [6.07, 6.45) is 0.824. The lowest BCUT2D eigenvalue weighted by Crippen LogP contribution is -2.57. The van der Waals surface area contributed by atoms with Crippen LogP contribution < -0.4 is 9.64 Å². The van der Waals surface area contributed by atoms with Crippen molar-refractivity contribution in [3.8, 4) is 5.75 Å². The predicted octanol–water partition coefficient (Wildman–Crippen LogP) is 3.03. The van der Waals surface area contributed by atoms with Crippen LogP contribution in [0.15, 0.2) is 48.5 Å². The summed E-state index contributed by atoms with van der Waals surface area (Å²) in [5.41, 5.74) is 1.70. The van der Waals surface area contributed by atoms with Gasteiger partial charge in [-0.05, 0) is 55.3 Å². The van der Waals surface area contributed by atoms with Crippen molar-refractivity contribution in [1.82, 2.24) is 4.90 Å². The summed E-state index contributed by atoms with van der Waals surface area (Å²) < 4.78 is 18.1. The average Bonchev–Trinajstić information content (AvgIpc) is 2.69. The zero-order valence-corrected chi connectivity index (χ0v) is 15.5. The van der Waals surface area contributed by atoms with E-state index in [9.17, 15) is 14.0 Å². The summed E-state index contributed by atoms with van der Waals surface area (Å²) in [6.45, 7) is 2.46. The van der Waals surface area contributed by atoms with E-state index in [1.165, 1.54) is 12.1 Å². The molecule has 0 saturated carbocycles. The third kappa shape index (κ3) is 4.45. The number of ether oxygens (including phenoxy) is 1. The fourth-order valence-corrected chi connectivity index (χ4v) is 3.24. The molecule has 0 unspecified atom stereocenters. The summed E-state index contributed by atoms with van der Waals surface area (Å²) in [5, 5.41) is 0. The molecule has 0 radical (unpaired) electrons. The summed E-state index contributed by atoms with van der Waals surface area (Å²) in [7, 11) is 1.60. The third-order valence-corrected chi connectivity index (χ3v) is 4.83. The maximum absolute atomic E-state index is 13.0. The maximum Gasteiger partial charge on any atom is 0.246 e. The SMILES string of the molecule is COc1ccc(N2C[C@@H](C)N(C(=O)CCc3ccc(F)cc3)CC2=O)cc1. The molecule has 6 heteroatoms. The van der Waals surface area contributed by atoms with Crippen molar-refractivity contribution in [2.75, 3.05) is 25.1 Å². The van der Waals surface area contributed by atoms with E-state index in [2.05, 4.69) is 0 Å². The Labute approximate surface area is 158 Å². The zero-order chi connectivity index (χ0) is 19.4. The van der Waals surface area contributed by atoms with Crippen LogP contribution in [0.3, 0.4) is 0 Å². The monoisotopic (exact) mass is 370 g/mol. The van der Waals surface area contributed by atoms with Gasteiger partial charge in [-0.3, -0.25) is 9.59 Å². The largest absolute Gasteiger partial charge is 0.497 e. The van der Waals surface area contributed by atoms with E-state index < -0.39 is 0 Å². The molecule has 1 aliphatic heterocycles. The molecule has 142 valence electrons. The lowest BCUT2D eigenvalue weighted by molar-refractivity contribution is -0.139. The highest BCUT2D eigenvalue weighted by atomic mass is 19.1. The normalized spacial score (nSPS) is 17.1. The number of methoxy groups -OCH3 is 1. The lowest BCUT2D eigenvalue weighted by Gasteiger charge is -2.39. The van der Waals surface area contributed by atoms with Gasteiger partial charge in [0.15, 0.2) is 0 Å². The second-order valence-corrected chi connectivity index (χ2v) is 6.70. The summed E-state index contributed by atoms with van der Waals surface area (Å²) in [6, 6.07) is 13.4. The summed E-state index contributed by atoms with van der Waals surface area (Å²) in [5.74, 6) is 0.274. The van der Waals surface area contributed by atoms with Crippen LogP contribution in [0.25, 0.3) is 0 Å². The fraction of sp³-hybridized carbons (Fsp3) is 0.333. The Morgan fingerprint density at radius 3 is 2.44 bits per heavy atom. The van der Waals surface area contributed by atoms with Crippen molar-refractivity contribution in [2.45, 2.75) is 25.8 Å². The fourth-order valence-electron chi connectivity index (χ4n) is 3.24. The van der Waals surface area contributed by atoms with E-state index in [0.717, 1.165) is 17.0 Å². The highest BCUT2D eigenvalue weighted by molar-refractivity contribution is 5.98. The molecule has 2 aromatic carbocycles. The minimum absolute atomic E-state index is 0.0606. The quantitative estimate of drug-likeness (QED) is 0.813. The van der Waals surface area contributed by atoms with Crippen LogP contribution in [0.1, 0.15) is 18.9 Å². The molecule has 0 aliphatic carbocycles. The minimum atomic E-state index is -0.293. The first kappa shape index (κ1) is 18.9. The number of amides is 2. The predicted molar refractivity (Wildman–Crippen MR) is 101 cm³/mol. The number of carbonyl (C=O) groups is 2. The van der Waals surface area contributed by atoms with Crippen LogP contribution in [0.4, 0.5) is 10.1 Å². The first-order valence-electron chi connectivity index (χ1n) is 8.96. The molecular weight excluding hydrogens is 347 g/mol. The van der Waals surface area contributed by atoms with Gasteiger partial charge in [0, 0.05) is 24.7 Å². The minimum Gasteiger partial charge on any atom is -0.497 e. The maximum atomic E-state index is 13.0. The molecule has 1 aliphatic rings. The number of anilines is 1. The van der Waals surface area contributed by atoms with Crippen molar-refractivity contribution < 1.29 is 18.7 Å². The first-order valence-corrected chi connectivity index (χ1v) is 8.96. The van der Waals surface area contributed by atoms with E-state index in [1.54, 1.807) is 29.0 Å². The van der Waals surface area contributed by atoms with E-state index >= 15 is 0 Å². The Bertz CT molecular complexity index is 805. The molecule has 0 bridgehead atoms. The van der Waals surface area contributed by atoms with Crippen LogP contribution in [0, 0.1) is 5.82 Å². The van der Waals surface area contributed by atoms with Gasteiger partial charge >= 0.3 is 0 Å². The van der Waals surface area contributed by atoms with E-state index in [0.29, 0.717) is 19.4 Å². The summed E-state index contributed by atoms with van der Waals surface area (Å²) >= 11 is 0. The molecule has 2 aromatic rings. The topological polar surface area (TPSA) is 49.9 Å². The molecule has 3 rings (SSSR count). The molecule has 1 heterocycles. The van der Waals surface area contributed by atoms with Crippen molar-refractivity contribution >= 4 is 17.5 Å². The Morgan fingerprint density at radius 1 is 1.15 bits per heavy atom. The van der Waals surface area contributed by atoms with Gasteiger partial charge in [-0.2, -0.15) is 0 Å². The standard InChI is InChI=1S/C21H23FN2O3/c1-15-13-24(18-8-10-19(27-2)11-9-18)21(26)14-23(15)20(25)12-5-16-3-6-17(22)7-4-16/h3-4,6-11,15H,5,12-14H2,1-2H3/t15-/m1/s1. The second-order valence-electron chi connectivity index (χ2n) is 6.70. The van der Waals surface area contributed by atoms with Gasteiger partial charge in [0.05, 0.1) is 7.11 Å². The van der Waals surface area contributed by atoms with Crippen molar-refractivity contribution in [3.63, 3.8) is 0 Å². The molecule has 0 N–H and O–H groups in total. The van der Waals surface area contributed by atoms with Crippen LogP contribution in [0.5, 0.6) is 5.75 Å². The Morgan fingerprint density at radius 2 is 1.81 bits per heavy atom. The van der Waals surface area contributed by atoms with Gasteiger partial charge in [0.2, 0.25) is 11.8 Å². The second kappa shape index (κ2) is 8.20. The Hall–Kier alpha value is -2.89. The van der Waals surface area contributed by atoms with Gasteiger partial charge in [0.1, 0.15) is 18.1 Å². The van der Waals surface area contributed by atoms with Crippen LogP contribution in [-0.2, 0) is 16.0 Å². The van der Waals surface area contributed by atoms with Crippen molar-refractivity contribution in [2.24, 2.45) is 0 Å². The average molecular weight is 370 g/mol. The number of rotatable bonds is 5. The van der Waals surface area contributed by atoms with Gasteiger partial charge in [0.25, 0.3) is 0 Å². The lowest BCUT2D eigenvalue weighted by atomic mass is 10.1. The number of aryl methyl sites for hydroxylation is 1. The van der Waals surface area contributed by atoms with Gasteiger partial charge < -0.3 is 14.5 Å². The number of nitrogens with zero attached hydrogens (tertiary/aromatic N) is 2. The van der Waals surface area contributed by atoms with E-state index in [-0.39, 0.29) is 30.2 Å². The molecule has 27 heavy (non-hydrogen) atoms. The third-order valence-electron chi connectivity index (χ3n) is 4.83. The molecule has 0 aromatic heterocycles. The van der Waals surface area contributed by atoms with E-state index in [1.807, 2.05) is 31.2 Å². The van der Waals surface area contributed by atoms with Crippen LogP contribution >= 0.6 is 0 Å². The summed E-state index contributed by atoms with van der Waals surface area (Å²) in [4.78, 5) is 28.5. The Kier molecular flexibility index (Phi) is 5.74. The van der Waals surface area contributed by atoms with Crippen molar-refractivity contribution in [1.29, 1.82) is 0 Å². The highest BCUT2D eigenvalue weighted by Gasteiger charge is 2.32. The van der Waals surface area contributed by atoms with Gasteiger partial charge in [-0.1, -0.05) is 12.1 Å². The molecule has 1 saturated heterocycles. The molecule has 0 spiro atoms. The smallest absolute Gasteiger partial charge is 0.246 e. The van der Waals surface area contributed by atoms with Gasteiger partial charge in [-0.15, -0.1) is 0 Å². The number of benzene rings is 2. The molecule has 5 nitrogen and oxygen atoms in total. The highest BCUT2D eigenvalue weighted by Crippen LogP contribution is 2.23. The first-order chi connectivity index (χ1) is 13.0. The van der Waals surface area contributed by atoms with Crippen LogP contribution in [0.2, 0.25) is 0 Å².